The Morgan fingerprint density at radius 1 is 0.654 bits per heavy atom. The van der Waals surface area contributed by atoms with Gasteiger partial charge in [0.2, 0.25) is 0 Å². The van der Waals surface area contributed by atoms with Crippen LogP contribution in [-0.2, 0) is 22.7 Å². The van der Waals surface area contributed by atoms with Gasteiger partial charge >= 0.3 is 0 Å². The Bertz CT molecular complexity index is 567. The fourth-order valence-corrected chi connectivity index (χ4v) is 3.04. The van der Waals surface area contributed by atoms with E-state index in [1.807, 2.05) is 12.1 Å². The summed E-state index contributed by atoms with van der Waals surface area (Å²) in [6.07, 6.45) is 4.93. The van der Waals surface area contributed by atoms with Crippen molar-refractivity contribution in [1.82, 2.24) is 0 Å². The highest BCUT2D eigenvalue weighted by molar-refractivity contribution is 5.14. The van der Waals surface area contributed by atoms with Crippen molar-refractivity contribution in [1.29, 1.82) is 0 Å². The number of hydrogen-bond donors (Lipinski definition) is 0. The maximum Gasteiger partial charge on any atom is 0.0717 e. The average Bonchev–Trinajstić information content (AvgIpc) is 2.67. The molecule has 26 heavy (non-hydrogen) atoms. The Hall–Kier alpha value is -1.64. The molecular formula is C24H34O2. The Balaban J connectivity index is 1.45. The van der Waals surface area contributed by atoms with Crippen LogP contribution >= 0.6 is 0 Å². The molecule has 0 heterocycles. The van der Waals surface area contributed by atoms with E-state index in [4.69, 9.17) is 9.47 Å². The van der Waals surface area contributed by atoms with Crippen molar-refractivity contribution in [3.05, 3.63) is 71.8 Å². The SMILES string of the molecule is CC(CCCC(C)COCc1ccccc1)CCOCc1ccccc1. The largest absolute Gasteiger partial charge is 0.377 e. The molecule has 0 N–H and O–H groups in total. The lowest BCUT2D eigenvalue weighted by Crippen LogP contribution is -2.07. The highest BCUT2D eigenvalue weighted by atomic mass is 16.5. The van der Waals surface area contributed by atoms with E-state index < -0.39 is 0 Å². The summed E-state index contributed by atoms with van der Waals surface area (Å²) in [6.45, 7) is 7.78. The Morgan fingerprint density at radius 3 is 1.81 bits per heavy atom. The van der Waals surface area contributed by atoms with E-state index in [-0.39, 0.29) is 0 Å². The zero-order valence-corrected chi connectivity index (χ0v) is 16.4. The minimum Gasteiger partial charge on any atom is -0.377 e. The first-order chi connectivity index (χ1) is 12.7. The molecule has 0 spiro atoms. The molecule has 142 valence electrons. The maximum absolute atomic E-state index is 5.84. The van der Waals surface area contributed by atoms with E-state index in [1.54, 1.807) is 0 Å². The van der Waals surface area contributed by atoms with Gasteiger partial charge in [-0.1, -0.05) is 87.4 Å². The van der Waals surface area contributed by atoms with Gasteiger partial charge in [0.25, 0.3) is 0 Å². The van der Waals surface area contributed by atoms with Gasteiger partial charge in [0.1, 0.15) is 0 Å². The summed E-state index contributed by atoms with van der Waals surface area (Å²) in [4.78, 5) is 0. The summed E-state index contributed by atoms with van der Waals surface area (Å²) in [7, 11) is 0. The van der Waals surface area contributed by atoms with Crippen LogP contribution in [0.4, 0.5) is 0 Å². The Kier molecular flexibility index (Phi) is 10.1. The van der Waals surface area contributed by atoms with Crippen LogP contribution < -0.4 is 0 Å². The highest BCUT2D eigenvalue weighted by Crippen LogP contribution is 2.16. The molecule has 0 aliphatic heterocycles. The van der Waals surface area contributed by atoms with E-state index in [0.29, 0.717) is 5.92 Å². The number of benzene rings is 2. The van der Waals surface area contributed by atoms with Gasteiger partial charge in [-0.15, -0.1) is 0 Å². The van der Waals surface area contributed by atoms with E-state index in [0.717, 1.165) is 38.8 Å². The van der Waals surface area contributed by atoms with Crippen molar-refractivity contribution in [2.24, 2.45) is 11.8 Å². The minimum absolute atomic E-state index is 0.625. The van der Waals surface area contributed by atoms with Gasteiger partial charge < -0.3 is 9.47 Å². The van der Waals surface area contributed by atoms with Crippen LogP contribution in [0.25, 0.3) is 0 Å². The van der Waals surface area contributed by atoms with E-state index >= 15 is 0 Å². The van der Waals surface area contributed by atoms with E-state index in [9.17, 15) is 0 Å². The molecule has 0 bridgehead atoms. The Morgan fingerprint density at radius 2 is 1.19 bits per heavy atom. The molecule has 2 aromatic carbocycles. The summed E-state index contributed by atoms with van der Waals surface area (Å²) in [5.74, 6) is 1.35. The van der Waals surface area contributed by atoms with Crippen LogP contribution in [0, 0.1) is 11.8 Å². The molecule has 0 saturated heterocycles. The third-order valence-corrected chi connectivity index (χ3v) is 4.77. The first-order valence-electron chi connectivity index (χ1n) is 9.97. The second-order valence-electron chi connectivity index (χ2n) is 7.47. The van der Waals surface area contributed by atoms with E-state index in [1.165, 1.54) is 30.4 Å². The first kappa shape index (κ1) is 20.7. The molecule has 2 rings (SSSR count). The van der Waals surface area contributed by atoms with Crippen LogP contribution in [0.5, 0.6) is 0 Å². The van der Waals surface area contributed by atoms with Crippen LogP contribution in [0.3, 0.4) is 0 Å². The molecule has 0 saturated carbocycles. The average molecular weight is 355 g/mol. The third-order valence-electron chi connectivity index (χ3n) is 4.77. The van der Waals surface area contributed by atoms with Crippen molar-refractivity contribution in [3.8, 4) is 0 Å². The zero-order valence-electron chi connectivity index (χ0n) is 16.4. The molecule has 0 fully saturated rings. The van der Waals surface area contributed by atoms with Crippen molar-refractivity contribution in [2.45, 2.75) is 52.7 Å². The lowest BCUT2D eigenvalue weighted by Gasteiger charge is -2.15. The highest BCUT2D eigenvalue weighted by Gasteiger charge is 2.06. The Labute approximate surface area is 159 Å². The molecule has 0 aliphatic carbocycles. The number of rotatable bonds is 13. The topological polar surface area (TPSA) is 18.5 Å². The molecule has 2 heteroatoms. The quantitative estimate of drug-likeness (QED) is 0.396. The maximum atomic E-state index is 5.84. The van der Waals surface area contributed by atoms with Gasteiger partial charge in [-0.05, 0) is 35.8 Å². The van der Waals surface area contributed by atoms with Crippen LogP contribution in [0.15, 0.2) is 60.7 Å². The van der Waals surface area contributed by atoms with Gasteiger partial charge in [-0.25, -0.2) is 0 Å². The molecule has 2 nitrogen and oxygen atoms in total. The summed E-state index contributed by atoms with van der Waals surface area (Å²) in [6, 6.07) is 20.8. The van der Waals surface area contributed by atoms with Gasteiger partial charge in [0.05, 0.1) is 13.2 Å². The van der Waals surface area contributed by atoms with Gasteiger partial charge in [0.15, 0.2) is 0 Å². The van der Waals surface area contributed by atoms with Crippen molar-refractivity contribution in [3.63, 3.8) is 0 Å². The van der Waals surface area contributed by atoms with Gasteiger partial charge in [-0.3, -0.25) is 0 Å². The molecule has 2 aromatic rings. The zero-order chi connectivity index (χ0) is 18.5. The normalized spacial score (nSPS) is 13.5. The van der Waals surface area contributed by atoms with Gasteiger partial charge in [0, 0.05) is 13.2 Å². The number of hydrogen-bond acceptors (Lipinski definition) is 2. The van der Waals surface area contributed by atoms with Crippen LogP contribution in [0.2, 0.25) is 0 Å². The summed E-state index contributed by atoms with van der Waals surface area (Å²) < 4.78 is 11.6. The molecule has 0 aromatic heterocycles. The van der Waals surface area contributed by atoms with Crippen LogP contribution in [-0.4, -0.2) is 13.2 Å². The number of ether oxygens (including phenoxy) is 2. The standard InChI is InChI=1S/C24H34O2/c1-21(16-17-25-19-23-12-5-3-6-13-23)10-9-11-22(2)18-26-20-24-14-7-4-8-15-24/h3-8,12-15,21-22H,9-11,16-20H2,1-2H3. The predicted octanol–water partition coefficient (Wildman–Crippen LogP) is 6.25. The van der Waals surface area contributed by atoms with Crippen molar-refractivity contribution in [2.75, 3.05) is 13.2 Å². The molecule has 0 radical (unpaired) electrons. The third kappa shape index (κ3) is 9.17. The van der Waals surface area contributed by atoms with Crippen molar-refractivity contribution >= 4 is 0 Å². The van der Waals surface area contributed by atoms with Crippen LogP contribution in [0.1, 0.15) is 50.7 Å². The molecule has 0 amide bonds. The summed E-state index contributed by atoms with van der Waals surface area (Å²) in [5, 5.41) is 0. The second kappa shape index (κ2) is 12.7. The predicted molar refractivity (Wildman–Crippen MR) is 109 cm³/mol. The second-order valence-corrected chi connectivity index (χ2v) is 7.47. The fraction of sp³-hybridized carbons (Fsp3) is 0.500. The summed E-state index contributed by atoms with van der Waals surface area (Å²) >= 11 is 0. The molecule has 0 aliphatic rings. The monoisotopic (exact) mass is 354 g/mol. The van der Waals surface area contributed by atoms with Gasteiger partial charge in [-0.2, -0.15) is 0 Å². The lowest BCUT2D eigenvalue weighted by molar-refractivity contribution is 0.0873. The smallest absolute Gasteiger partial charge is 0.0717 e. The first-order valence-corrected chi connectivity index (χ1v) is 9.97. The molecule has 2 unspecified atom stereocenters. The summed E-state index contributed by atoms with van der Waals surface area (Å²) in [5.41, 5.74) is 2.51. The lowest BCUT2D eigenvalue weighted by atomic mass is 9.97. The fourth-order valence-electron chi connectivity index (χ4n) is 3.04. The minimum atomic E-state index is 0.625. The molecule has 2 atom stereocenters. The molecular weight excluding hydrogens is 320 g/mol. The van der Waals surface area contributed by atoms with Crippen molar-refractivity contribution < 1.29 is 9.47 Å². The van der Waals surface area contributed by atoms with E-state index in [2.05, 4.69) is 62.4 Å².